The summed E-state index contributed by atoms with van der Waals surface area (Å²) in [6.07, 6.45) is 0.767. The van der Waals surface area contributed by atoms with Crippen LogP contribution in [0.5, 0.6) is 0 Å². The molecule has 0 aliphatic carbocycles. The Morgan fingerprint density at radius 2 is 1.95 bits per heavy atom. The Kier molecular flexibility index (Phi) is 6.12. The smallest absolute Gasteiger partial charge is 0.322 e. The lowest BCUT2D eigenvalue weighted by molar-refractivity contribution is -0.138. The molecule has 0 radical (unpaired) electrons. The first-order chi connectivity index (χ1) is 9.36. The monoisotopic (exact) mass is 300 g/mol. The molecule has 1 aromatic rings. The van der Waals surface area contributed by atoms with Gasteiger partial charge in [0.15, 0.2) is 0 Å². The van der Waals surface area contributed by atoms with E-state index < -0.39 is 22.2 Å². The Labute approximate surface area is 119 Å². The number of benzene rings is 1. The Morgan fingerprint density at radius 1 is 1.35 bits per heavy atom. The van der Waals surface area contributed by atoms with Crippen molar-refractivity contribution >= 4 is 16.2 Å². The Hall–Kier alpha value is -1.44. The van der Waals surface area contributed by atoms with Gasteiger partial charge in [0.25, 0.3) is 10.2 Å². The van der Waals surface area contributed by atoms with E-state index in [1.165, 1.54) is 7.05 Å². The lowest BCUT2D eigenvalue weighted by Gasteiger charge is -2.20. The number of aliphatic carboxylic acids is 1. The van der Waals surface area contributed by atoms with Gasteiger partial charge < -0.3 is 5.11 Å². The van der Waals surface area contributed by atoms with E-state index in [0.717, 1.165) is 9.87 Å². The third-order valence-corrected chi connectivity index (χ3v) is 4.41. The van der Waals surface area contributed by atoms with Crippen molar-refractivity contribution in [3.05, 3.63) is 35.9 Å². The van der Waals surface area contributed by atoms with Crippen LogP contribution in [-0.4, -0.2) is 43.4 Å². The van der Waals surface area contributed by atoms with Crippen LogP contribution in [-0.2, 0) is 21.4 Å². The van der Waals surface area contributed by atoms with E-state index in [1.54, 1.807) is 24.3 Å². The molecule has 112 valence electrons. The molecule has 0 fully saturated rings. The molecule has 0 aromatic heterocycles. The largest absolute Gasteiger partial charge is 0.480 e. The number of hydrogen-bond donors (Lipinski definition) is 2. The normalized spacial score (nSPS) is 13.3. The first-order valence-corrected chi connectivity index (χ1v) is 7.81. The second-order valence-corrected chi connectivity index (χ2v) is 6.33. The highest BCUT2D eigenvalue weighted by Gasteiger charge is 2.26. The van der Waals surface area contributed by atoms with Gasteiger partial charge in [-0.3, -0.25) is 4.79 Å². The molecule has 0 saturated heterocycles. The molecule has 0 saturated carbocycles. The molecule has 2 N–H and O–H groups in total. The van der Waals surface area contributed by atoms with Gasteiger partial charge in [0, 0.05) is 13.6 Å². The fraction of sp³-hybridized carbons (Fsp3) is 0.462. The van der Waals surface area contributed by atoms with E-state index in [0.29, 0.717) is 13.0 Å². The van der Waals surface area contributed by atoms with Crippen molar-refractivity contribution < 1.29 is 18.3 Å². The van der Waals surface area contributed by atoms with Crippen molar-refractivity contribution in [1.82, 2.24) is 9.03 Å². The molecular formula is C13H20N2O4S. The van der Waals surface area contributed by atoms with E-state index in [1.807, 2.05) is 13.0 Å². The van der Waals surface area contributed by atoms with Gasteiger partial charge in [-0.2, -0.15) is 17.4 Å². The van der Waals surface area contributed by atoms with Crippen LogP contribution in [0, 0.1) is 0 Å². The molecular weight excluding hydrogens is 280 g/mol. The molecule has 6 nitrogen and oxygen atoms in total. The highest BCUT2D eigenvalue weighted by molar-refractivity contribution is 7.87. The number of hydrogen-bond acceptors (Lipinski definition) is 3. The maximum atomic E-state index is 12.0. The summed E-state index contributed by atoms with van der Waals surface area (Å²) in [5.74, 6) is -1.19. The first kappa shape index (κ1) is 16.6. The zero-order valence-corrected chi connectivity index (χ0v) is 12.4. The van der Waals surface area contributed by atoms with Crippen LogP contribution in [0.25, 0.3) is 0 Å². The van der Waals surface area contributed by atoms with Crippen LogP contribution >= 0.6 is 0 Å². The summed E-state index contributed by atoms with van der Waals surface area (Å²) >= 11 is 0. The summed E-state index contributed by atoms with van der Waals surface area (Å²) in [6.45, 7) is 2.19. The Morgan fingerprint density at radius 3 is 2.45 bits per heavy atom. The van der Waals surface area contributed by atoms with Crippen LogP contribution < -0.4 is 4.72 Å². The predicted octanol–water partition coefficient (Wildman–Crippen LogP) is 0.858. The van der Waals surface area contributed by atoms with E-state index in [9.17, 15) is 13.2 Å². The lowest BCUT2D eigenvalue weighted by atomic mass is 10.1. The van der Waals surface area contributed by atoms with E-state index >= 15 is 0 Å². The summed E-state index contributed by atoms with van der Waals surface area (Å²) in [4.78, 5) is 11.2. The summed E-state index contributed by atoms with van der Waals surface area (Å²) in [5, 5.41) is 9.16. The number of carbonyl (C=O) groups is 1. The highest BCUT2D eigenvalue weighted by atomic mass is 32.2. The van der Waals surface area contributed by atoms with Crippen molar-refractivity contribution in [2.24, 2.45) is 0 Å². The highest BCUT2D eigenvalue weighted by Crippen LogP contribution is 2.06. The molecule has 7 heteroatoms. The maximum absolute atomic E-state index is 12.0. The molecule has 0 bridgehead atoms. The molecule has 1 aromatic carbocycles. The SMILES string of the molecule is CCCN(C)S(=O)(=O)N[C@H](Cc1ccccc1)C(=O)O. The zero-order chi connectivity index (χ0) is 15.2. The third-order valence-electron chi connectivity index (χ3n) is 2.82. The fourth-order valence-electron chi connectivity index (χ4n) is 1.73. The van der Waals surface area contributed by atoms with Gasteiger partial charge in [0.05, 0.1) is 0 Å². The van der Waals surface area contributed by atoms with Crippen molar-refractivity contribution in [1.29, 1.82) is 0 Å². The maximum Gasteiger partial charge on any atom is 0.322 e. The molecule has 0 spiro atoms. The van der Waals surface area contributed by atoms with Gasteiger partial charge >= 0.3 is 5.97 Å². The Bertz CT molecular complexity index is 531. The number of rotatable bonds is 8. The molecule has 0 heterocycles. The summed E-state index contributed by atoms with van der Waals surface area (Å²) in [6, 6.07) is 7.73. The van der Waals surface area contributed by atoms with Gasteiger partial charge in [0.1, 0.15) is 6.04 Å². The van der Waals surface area contributed by atoms with E-state index in [2.05, 4.69) is 4.72 Å². The van der Waals surface area contributed by atoms with Gasteiger partial charge in [0.2, 0.25) is 0 Å². The average Bonchev–Trinajstić information content (AvgIpc) is 2.39. The molecule has 0 unspecified atom stereocenters. The molecule has 20 heavy (non-hydrogen) atoms. The van der Waals surface area contributed by atoms with Gasteiger partial charge in [-0.15, -0.1) is 0 Å². The van der Waals surface area contributed by atoms with Crippen LogP contribution in [0.2, 0.25) is 0 Å². The van der Waals surface area contributed by atoms with Crippen LogP contribution in [0.1, 0.15) is 18.9 Å². The third kappa shape index (κ3) is 4.92. The number of nitrogens with zero attached hydrogens (tertiary/aromatic N) is 1. The quantitative estimate of drug-likeness (QED) is 0.745. The summed E-state index contributed by atoms with van der Waals surface area (Å²) < 4.78 is 27.3. The molecule has 0 amide bonds. The molecule has 1 rings (SSSR count). The zero-order valence-electron chi connectivity index (χ0n) is 11.6. The number of carboxylic acid groups (broad SMARTS) is 1. The number of nitrogens with one attached hydrogen (secondary N) is 1. The van der Waals surface area contributed by atoms with Crippen molar-refractivity contribution in [3.8, 4) is 0 Å². The minimum Gasteiger partial charge on any atom is -0.480 e. The minimum absolute atomic E-state index is 0.107. The summed E-state index contributed by atoms with van der Waals surface area (Å²) in [5.41, 5.74) is 0.765. The van der Waals surface area contributed by atoms with Crippen molar-refractivity contribution in [2.75, 3.05) is 13.6 Å². The van der Waals surface area contributed by atoms with Crippen LogP contribution in [0.4, 0.5) is 0 Å². The second-order valence-electron chi connectivity index (χ2n) is 4.52. The second kappa shape index (κ2) is 7.37. The van der Waals surface area contributed by atoms with Gasteiger partial charge in [-0.05, 0) is 18.4 Å². The van der Waals surface area contributed by atoms with E-state index in [4.69, 9.17) is 5.11 Å². The standard InChI is InChI=1S/C13H20N2O4S/c1-3-9-15(2)20(18,19)14-12(13(16)17)10-11-7-5-4-6-8-11/h4-8,12,14H,3,9-10H2,1-2H3,(H,16,17)/t12-/m1/s1. The lowest BCUT2D eigenvalue weighted by Crippen LogP contribution is -2.48. The van der Waals surface area contributed by atoms with Gasteiger partial charge in [-0.1, -0.05) is 37.3 Å². The fourth-order valence-corrected chi connectivity index (χ4v) is 2.88. The first-order valence-electron chi connectivity index (χ1n) is 6.37. The average molecular weight is 300 g/mol. The summed E-state index contributed by atoms with van der Waals surface area (Å²) in [7, 11) is -2.36. The predicted molar refractivity (Wildman–Crippen MR) is 76.5 cm³/mol. The van der Waals surface area contributed by atoms with Crippen molar-refractivity contribution in [3.63, 3.8) is 0 Å². The topological polar surface area (TPSA) is 86.7 Å². The van der Waals surface area contributed by atoms with Crippen molar-refractivity contribution in [2.45, 2.75) is 25.8 Å². The van der Waals surface area contributed by atoms with E-state index in [-0.39, 0.29) is 6.42 Å². The van der Waals surface area contributed by atoms with Crippen LogP contribution in [0.15, 0.2) is 30.3 Å². The number of carboxylic acids is 1. The molecule has 1 atom stereocenters. The Balaban J connectivity index is 2.80. The minimum atomic E-state index is -3.78. The molecule has 0 aliphatic heterocycles. The van der Waals surface area contributed by atoms with Gasteiger partial charge in [-0.25, -0.2) is 0 Å². The van der Waals surface area contributed by atoms with Crippen LogP contribution in [0.3, 0.4) is 0 Å². The molecule has 0 aliphatic rings.